The second kappa shape index (κ2) is 3.92. The first kappa shape index (κ1) is 13.3. The summed E-state index contributed by atoms with van der Waals surface area (Å²) in [5.41, 5.74) is -0.858. The number of aromatic hydroxyl groups is 7. The largest absolute Gasteiger partial charge is 0.504 e. The van der Waals surface area contributed by atoms with Crippen LogP contribution >= 0.6 is 15.9 Å². The summed E-state index contributed by atoms with van der Waals surface area (Å²) in [4.78, 5) is 0. The van der Waals surface area contributed by atoms with E-state index in [9.17, 15) is 35.7 Å². The van der Waals surface area contributed by atoms with E-state index >= 15 is 0 Å². The van der Waals surface area contributed by atoms with Gasteiger partial charge in [0.1, 0.15) is 4.47 Å². The molecule has 0 unspecified atom stereocenters. The van der Waals surface area contributed by atoms with Crippen molar-refractivity contribution in [3.63, 3.8) is 0 Å². The van der Waals surface area contributed by atoms with Crippen LogP contribution < -0.4 is 0 Å². The zero-order valence-corrected chi connectivity index (χ0v) is 11.5. The average Bonchev–Trinajstić information content (AvgIpc) is 2.87. The van der Waals surface area contributed by atoms with E-state index in [2.05, 4.69) is 15.9 Å². The van der Waals surface area contributed by atoms with Crippen molar-refractivity contribution in [3.05, 3.63) is 4.47 Å². The maximum atomic E-state index is 9.94. The quantitative estimate of drug-likeness (QED) is 0.238. The first-order chi connectivity index (χ1) is 9.77. The fourth-order valence-electron chi connectivity index (χ4n) is 2.10. The first-order valence-corrected chi connectivity index (χ1v) is 6.21. The normalized spacial score (nSPS) is 11.5. The van der Waals surface area contributed by atoms with Gasteiger partial charge < -0.3 is 40.2 Å². The second-order valence-corrected chi connectivity index (χ2v) is 5.06. The van der Waals surface area contributed by atoms with E-state index in [1.54, 1.807) is 0 Å². The SMILES string of the molecule is Oc1c(O)c(O)c2c(oc3c(O)c(Br)c(O)c(O)c32)c1O. The molecule has 1 heterocycles. The minimum Gasteiger partial charge on any atom is -0.504 e. The highest BCUT2D eigenvalue weighted by molar-refractivity contribution is 9.10. The summed E-state index contributed by atoms with van der Waals surface area (Å²) >= 11 is 2.83. The topological polar surface area (TPSA) is 155 Å². The number of hydrogen-bond acceptors (Lipinski definition) is 8. The molecule has 3 aromatic rings. The molecular weight excluding hydrogens is 352 g/mol. The average molecular weight is 359 g/mol. The van der Waals surface area contributed by atoms with Gasteiger partial charge in [-0.1, -0.05) is 0 Å². The Bertz CT molecular complexity index is 853. The lowest BCUT2D eigenvalue weighted by Crippen LogP contribution is -1.79. The van der Waals surface area contributed by atoms with E-state index in [-0.39, 0.29) is 20.8 Å². The standard InChI is InChI=1S/C12H7BrO8/c13-3-6(16)4(14)1-2-5(15)8(18)9(19)10(20)12(2)21-11(1)7(3)17/h14-20H. The highest BCUT2D eigenvalue weighted by Crippen LogP contribution is 2.57. The lowest BCUT2D eigenvalue weighted by molar-refractivity contribution is 0.348. The van der Waals surface area contributed by atoms with Crippen LogP contribution in [-0.4, -0.2) is 35.7 Å². The summed E-state index contributed by atoms with van der Waals surface area (Å²) in [7, 11) is 0. The van der Waals surface area contributed by atoms with Gasteiger partial charge in [0, 0.05) is 0 Å². The van der Waals surface area contributed by atoms with Crippen LogP contribution in [0.25, 0.3) is 21.9 Å². The summed E-state index contributed by atoms with van der Waals surface area (Å²) < 4.78 is 4.85. The van der Waals surface area contributed by atoms with E-state index in [1.807, 2.05) is 0 Å². The number of phenols is 7. The molecule has 0 saturated carbocycles. The number of benzene rings is 2. The van der Waals surface area contributed by atoms with E-state index < -0.39 is 45.8 Å². The van der Waals surface area contributed by atoms with Gasteiger partial charge in [-0.3, -0.25) is 0 Å². The number of halogens is 1. The zero-order chi connectivity index (χ0) is 15.6. The minimum absolute atomic E-state index is 0.265. The van der Waals surface area contributed by atoms with Gasteiger partial charge in [-0.15, -0.1) is 0 Å². The molecule has 2 aromatic carbocycles. The third-order valence-electron chi connectivity index (χ3n) is 3.13. The van der Waals surface area contributed by atoms with E-state index in [4.69, 9.17) is 4.42 Å². The van der Waals surface area contributed by atoms with E-state index in [1.165, 1.54) is 0 Å². The molecule has 9 heteroatoms. The Morgan fingerprint density at radius 3 is 1.52 bits per heavy atom. The van der Waals surface area contributed by atoms with Crippen molar-refractivity contribution < 1.29 is 40.2 Å². The van der Waals surface area contributed by atoms with Crippen LogP contribution in [0.3, 0.4) is 0 Å². The van der Waals surface area contributed by atoms with Crippen LogP contribution in [0.5, 0.6) is 40.2 Å². The van der Waals surface area contributed by atoms with Crippen molar-refractivity contribution in [3.8, 4) is 40.2 Å². The molecular formula is C12H7BrO8. The molecule has 110 valence electrons. The molecule has 0 radical (unpaired) electrons. The fraction of sp³-hybridized carbons (Fsp3) is 0. The first-order valence-electron chi connectivity index (χ1n) is 5.41. The molecule has 0 aliphatic rings. The molecule has 0 aliphatic carbocycles. The lowest BCUT2D eigenvalue weighted by atomic mass is 10.1. The molecule has 0 atom stereocenters. The smallest absolute Gasteiger partial charge is 0.208 e. The van der Waals surface area contributed by atoms with Gasteiger partial charge in [-0.25, -0.2) is 0 Å². The van der Waals surface area contributed by atoms with Gasteiger partial charge in [0.15, 0.2) is 34.2 Å². The zero-order valence-electron chi connectivity index (χ0n) is 9.92. The van der Waals surface area contributed by atoms with Gasteiger partial charge in [0.2, 0.25) is 17.2 Å². The Kier molecular flexibility index (Phi) is 2.48. The molecule has 0 bridgehead atoms. The molecule has 7 N–H and O–H groups in total. The Balaban J connectivity index is 2.73. The highest BCUT2D eigenvalue weighted by Gasteiger charge is 2.29. The number of hydrogen-bond donors (Lipinski definition) is 7. The van der Waals surface area contributed by atoms with Crippen molar-refractivity contribution in [2.24, 2.45) is 0 Å². The van der Waals surface area contributed by atoms with Crippen LogP contribution in [0.15, 0.2) is 8.89 Å². The van der Waals surface area contributed by atoms with Crippen molar-refractivity contribution >= 4 is 37.9 Å². The molecule has 0 aliphatic heterocycles. The van der Waals surface area contributed by atoms with Crippen LogP contribution in [0.1, 0.15) is 0 Å². The number of furan rings is 1. The monoisotopic (exact) mass is 358 g/mol. The van der Waals surface area contributed by atoms with Crippen LogP contribution in [0.4, 0.5) is 0 Å². The van der Waals surface area contributed by atoms with Crippen molar-refractivity contribution in [1.29, 1.82) is 0 Å². The van der Waals surface area contributed by atoms with Gasteiger partial charge in [0.05, 0.1) is 10.8 Å². The third kappa shape index (κ3) is 1.43. The van der Waals surface area contributed by atoms with Gasteiger partial charge in [0.25, 0.3) is 0 Å². The van der Waals surface area contributed by atoms with E-state index in [0.29, 0.717) is 0 Å². The highest BCUT2D eigenvalue weighted by atomic mass is 79.9. The van der Waals surface area contributed by atoms with Gasteiger partial charge >= 0.3 is 0 Å². The maximum Gasteiger partial charge on any atom is 0.208 e. The maximum absolute atomic E-state index is 9.94. The Hall–Kier alpha value is -2.68. The molecule has 0 amide bonds. The number of phenolic OH excluding ortho intramolecular Hbond substituents is 7. The van der Waals surface area contributed by atoms with Gasteiger partial charge in [-0.2, -0.15) is 0 Å². The summed E-state index contributed by atoms with van der Waals surface area (Å²) in [6, 6.07) is 0. The predicted octanol–water partition coefficient (Wildman–Crippen LogP) is 2.29. The summed E-state index contributed by atoms with van der Waals surface area (Å²) in [5, 5.41) is 67.4. The lowest BCUT2D eigenvalue weighted by Gasteiger charge is -2.06. The number of fused-ring (bicyclic) bond motifs is 3. The molecule has 21 heavy (non-hydrogen) atoms. The summed E-state index contributed by atoms with van der Waals surface area (Å²) in [6.45, 7) is 0. The number of rotatable bonds is 0. The predicted molar refractivity (Wildman–Crippen MR) is 73.1 cm³/mol. The second-order valence-electron chi connectivity index (χ2n) is 4.26. The Morgan fingerprint density at radius 1 is 0.524 bits per heavy atom. The van der Waals surface area contributed by atoms with Crippen molar-refractivity contribution in [2.45, 2.75) is 0 Å². The molecule has 3 rings (SSSR count). The summed E-state index contributed by atoms with van der Waals surface area (Å²) in [6.07, 6.45) is 0. The molecule has 0 spiro atoms. The van der Waals surface area contributed by atoms with E-state index in [0.717, 1.165) is 0 Å². The van der Waals surface area contributed by atoms with Crippen LogP contribution in [0, 0.1) is 0 Å². The molecule has 1 aromatic heterocycles. The molecule has 0 fully saturated rings. The summed E-state index contributed by atoms with van der Waals surface area (Å²) in [5.74, 6) is -5.94. The Labute approximate surface area is 123 Å². The van der Waals surface area contributed by atoms with Gasteiger partial charge in [-0.05, 0) is 15.9 Å². The molecule has 0 saturated heterocycles. The molecule has 8 nitrogen and oxygen atoms in total. The Morgan fingerprint density at radius 2 is 0.952 bits per heavy atom. The van der Waals surface area contributed by atoms with Crippen molar-refractivity contribution in [2.75, 3.05) is 0 Å². The van der Waals surface area contributed by atoms with Crippen molar-refractivity contribution in [1.82, 2.24) is 0 Å². The van der Waals surface area contributed by atoms with Crippen LogP contribution in [0.2, 0.25) is 0 Å². The fourth-order valence-corrected chi connectivity index (χ4v) is 2.47. The van der Waals surface area contributed by atoms with Crippen LogP contribution in [-0.2, 0) is 0 Å². The minimum atomic E-state index is -1.04. The third-order valence-corrected chi connectivity index (χ3v) is 3.88.